The van der Waals surface area contributed by atoms with E-state index in [0.717, 1.165) is 24.3 Å². The fourth-order valence-corrected chi connectivity index (χ4v) is 2.36. The maximum atomic E-state index is 5.93. The summed E-state index contributed by atoms with van der Waals surface area (Å²) < 4.78 is 13.2. The summed E-state index contributed by atoms with van der Waals surface area (Å²) in [5.74, 6) is 1.24. The molecule has 8 heteroatoms. The van der Waals surface area contributed by atoms with Gasteiger partial charge in [0.05, 0.1) is 12.3 Å². The number of para-hydroxylation sites is 1. The fraction of sp³-hybridized carbons (Fsp3) is 0.278. The van der Waals surface area contributed by atoms with Crippen LogP contribution >= 0.6 is 0 Å². The zero-order chi connectivity index (χ0) is 17.5. The van der Waals surface area contributed by atoms with Gasteiger partial charge in [0.15, 0.2) is 11.5 Å². The molecule has 138 valence electrons. The summed E-state index contributed by atoms with van der Waals surface area (Å²) in [4.78, 5) is 0. The maximum absolute atomic E-state index is 5.93. The lowest BCUT2D eigenvalue weighted by Gasteiger charge is -2.13. The Hall–Kier alpha value is -2.64. The molecule has 0 atom stereocenters. The SMILES string of the molecule is CCNCc1ccc(Oc2nnnn2-c2ccccc2)c(OCC)c1.[Cl-]. The van der Waals surface area contributed by atoms with E-state index in [0.29, 0.717) is 18.1 Å². The molecule has 0 saturated heterocycles. The number of hydrogen-bond donors (Lipinski definition) is 1. The predicted octanol–water partition coefficient (Wildman–Crippen LogP) is -0.0332. The summed E-state index contributed by atoms with van der Waals surface area (Å²) in [7, 11) is 0. The Morgan fingerprint density at radius 2 is 1.85 bits per heavy atom. The van der Waals surface area contributed by atoms with Crippen LogP contribution in [-0.2, 0) is 6.54 Å². The molecule has 1 aromatic heterocycles. The second kappa shape index (κ2) is 9.74. The van der Waals surface area contributed by atoms with Crippen LogP contribution in [0.4, 0.5) is 0 Å². The Labute approximate surface area is 158 Å². The van der Waals surface area contributed by atoms with E-state index in [-0.39, 0.29) is 18.4 Å². The number of halogens is 1. The highest BCUT2D eigenvalue weighted by molar-refractivity contribution is 5.44. The Morgan fingerprint density at radius 1 is 1.04 bits per heavy atom. The standard InChI is InChI=1S/C18H21N5O2.ClH/c1-3-19-13-14-10-11-16(17(12-14)24-4-2)25-18-20-21-22-23(18)15-8-6-5-7-9-15;/h5-12,19H,3-4,13H2,1-2H3;1H/p-1. The summed E-state index contributed by atoms with van der Waals surface area (Å²) >= 11 is 0. The number of benzene rings is 2. The van der Waals surface area contributed by atoms with E-state index in [1.165, 1.54) is 0 Å². The fourth-order valence-electron chi connectivity index (χ4n) is 2.36. The highest BCUT2D eigenvalue weighted by Gasteiger charge is 2.14. The van der Waals surface area contributed by atoms with Gasteiger partial charge in [0.1, 0.15) is 0 Å². The number of tetrazole rings is 1. The minimum absolute atomic E-state index is 0. The van der Waals surface area contributed by atoms with Crippen molar-refractivity contribution in [1.82, 2.24) is 25.5 Å². The molecule has 26 heavy (non-hydrogen) atoms. The summed E-state index contributed by atoms with van der Waals surface area (Å²) in [6, 6.07) is 15.7. The molecule has 7 nitrogen and oxygen atoms in total. The maximum Gasteiger partial charge on any atom is 0.346 e. The number of rotatable bonds is 8. The molecule has 3 aromatic rings. The van der Waals surface area contributed by atoms with Crippen LogP contribution in [0.1, 0.15) is 19.4 Å². The normalized spacial score (nSPS) is 10.2. The Bertz CT molecular complexity index is 810. The highest BCUT2D eigenvalue weighted by atomic mass is 35.5. The first-order valence-electron chi connectivity index (χ1n) is 8.30. The van der Waals surface area contributed by atoms with Gasteiger partial charge in [0.25, 0.3) is 0 Å². The molecule has 0 aliphatic carbocycles. The molecule has 0 bridgehead atoms. The molecular formula is C18H21ClN5O2-. The van der Waals surface area contributed by atoms with Crippen LogP contribution in [0.25, 0.3) is 5.69 Å². The van der Waals surface area contributed by atoms with Gasteiger partial charge < -0.3 is 27.2 Å². The van der Waals surface area contributed by atoms with Crippen LogP contribution in [0.3, 0.4) is 0 Å². The van der Waals surface area contributed by atoms with E-state index in [2.05, 4.69) is 27.8 Å². The van der Waals surface area contributed by atoms with E-state index in [1.54, 1.807) is 4.68 Å². The molecule has 0 aliphatic rings. The largest absolute Gasteiger partial charge is 1.00 e. The smallest absolute Gasteiger partial charge is 0.346 e. The van der Waals surface area contributed by atoms with Gasteiger partial charge in [-0.2, -0.15) is 4.68 Å². The van der Waals surface area contributed by atoms with Crippen LogP contribution in [0.2, 0.25) is 0 Å². The van der Waals surface area contributed by atoms with Gasteiger partial charge in [-0.05, 0) is 53.7 Å². The molecule has 0 fully saturated rings. The molecule has 2 aromatic carbocycles. The number of hydrogen-bond acceptors (Lipinski definition) is 6. The highest BCUT2D eigenvalue weighted by Crippen LogP contribution is 2.32. The molecular weight excluding hydrogens is 354 g/mol. The van der Waals surface area contributed by atoms with Gasteiger partial charge in [-0.25, -0.2) is 0 Å². The quantitative estimate of drug-likeness (QED) is 0.596. The van der Waals surface area contributed by atoms with E-state index < -0.39 is 0 Å². The Morgan fingerprint density at radius 3 is 2.58 bits per heavy atom. The van der Waals surface area contributed by atoms with Crippen LogP contribution in [-0.4, -0.2) is 33.4 Å². The van der Waals surface area contributed by atoms with E-state index in [1.807, 2.05) is 55.5 Å². The van der Waals surface area contributed by atoms with Crippen LogP contribution in [0.5, 0.6) is 17.5 Å². The molecule has 0 unspecified atom stereocenters. The number of ether oxygens (including phenoxy) is 2. The van der Waals surface area contributed by atoms with Crippen molar-refractivity contribution in [2.24, 2.45) is 0 Å². The van der Waals surface area contributed by atoms with Crippen LogP contribution in [0, 0.1) is 0 Å². The van der Waals surface area contributed by atoms with E-state index in [4.69, 9.17) is 9.47 Å². The lowest BCUT2D eigenvalue weighted by Crippen LogP contribution is -3.00. The summed E-state index contributed by atoms with van der Waals surface area (Å²) in [5.41, 5.74) is 1.95. The van der Waals surface area contributed by atoms with E-state index in [9.17, 15) is 0 Å². The lowest BCUT2D eigenvalue weighted by molar-refractivity contribution is -0.00000635. The van der Waals surface area contributed by atoms with Crippen molar-refractivity contribution < 1.29 is 21.9 Å². The van der Waals surface area contributed by atoms with Gasteiger partial charge in [-0.1, -0.05) is 36.3 Å². The molecule has 0 radical (unpaired) electrons. The van der Waals surface area contributed by atoms with Gasteiger partial charge in [0, 0.05) is 6.54 Å². The van der Waals surface area contributed by atoms with Crippen molar-refractivity contribution in [2.45, 2.75) is 20.4 Å². The molecule has 1 heterocycles. The van der Waals surface area contributed by atoms with Crippen molar-refractivity contribution in [3.05, 3.63) is 54.1 Å². The summed E-state index contributed by atoms with van der Waals surface area (Å²) in [5, 5.41) is 15.0. The van der Waals surface area contributed by atoms with Gasteiger partial charge in [-0.3, -0.25) is 0 Å². The summed E-state index contributed by atoms with van der Waals surface area (Å²) in [6.07, 6.45) is 0. The van der Waals surface area contributed by atoms with Gasteiger partial charge in [-0.15, -0.1) is 0 Å². The average molecular weight is 375 g/mol. The third-order valence-corrected chi connectivity index (χ3v) is 3.53. The van der Waals surface area contributed by atoms with Crippen LogP contribution < -0.4 is 27.2 Å². The molecule has 0 amide bonds. The lowest BCUT2D eigenvalue weighted by atomic mass is 10.2. The number of aromatic nitrogens is 4. The zero-order valence-electron chi connectivity index (χ0n) is 14.7. The topological polar surface area (TPSA) is 74.1 Å². The zero-order valence-corrected chi connectivity index (χ0v) is 15.5. The minimum atomic E-state index is 0. The Kier molecular flexibility index (Phi) is 7.37. The predicted molar refractivity (Wildman–Crippen MR) is 94.2 cm³/mol. The van der Waals surface area contributed by atoms with Crippen molar-refractivity contribution in [3.8, 4) is 23.2 Å². The number of nitrogens with one attached hydrogen (secondary N) is 1. The third kappa shape index (κ3) is 4.71. The van der Waals surface area contributed by atoms with Gasteiger partial charge >= 0.3 is 6.01 Å². The summed E-state index contributed by atoms with van der Waals surface area (Å²) in [6.45, 7) is 6.25. The molecule has 0 aliphatic heterocycles. The monoisotopic (exact) mass is 374 g/mol. The molecule has 1 N–H and O–H groups in total. The minimum Gasteiger partial charge on any atom is -1.00 e. The van der Waals surface area contributed by atoms with Crippen molar-refractivity contribution in [3.63, 3.8) is 0 Å². The van der Waals surface area contributed by atoms with Crippen molar-refractivity contribution >= 4 is 0 Å². The van der Waals surface area contributed by atoms with Crippen LogP contribution in [0.15, 0.2) is 48.5 Å². The number of nitrogens with zero attached hydrogens (tertiary/aromatic N) is 4. The second-order valence-corrected chi connectivity index (χ2v) is 5.31. The molecule has 0 spiro atoms. The first-order chi connectivity index (χ1) is 12.3. The van der Waals surface area contributed by atoms with Crippen molar-refractivity contribution in [1.29, 1.82) is 0 Å². The first-order valence-corrected chi connectivity index (χ1v) is 8.30. The van der Waals surface area contributed by atoms with Gasteiger partial charge in [0.2, 0.25) is 0 Å². The Balaban J connectivity index is 0.00000243. The third-order valence-electron chi connectivity index (χ3n) is 3.53. The first kappa shape index (κ1) is 19.7. The van der Waals surface area contributed by atoms with E-state index >= 15 is 0 Å². The second-order valence-electron chi connectivity index (χ2n) is 5.31. The molecule has 0 saturated carbocycles. The van der Waals surface area contributed by atoms with Crippen molar-refractivity contribution in [2.75, 3.05) is 13.2 Å². The molecule has 3 rings (SSSR count). The average Bonchev–Trinajstić information content (AvgIpc) is 3.11.